The molecular formula is C26H23N4O5S+. The normalized spacial score (nSPS) is 11.9. The highest BCUT2D eigenvalue weighted by atomic mass is 32.2. The molecule has 0 aliphatic rings. The summed E-state index contributed by atoms with van der Waals surface area (Å²) in [5, 5.41) is 5.27. The third-order valence-corrected chi connectivity index (χ3v) is 6.95. The van der Waals surface area contributed by atoms with Gasteiger partial charge < -0.3 is 14.5 Å². The Balaban J connectivity index is 1.30. The Morgan fingerprint density at radius 2 is 1.86 bits per heavy atom. The van der Waals surface area contributed by atoms with Crippen LogP contribution in [0.25, 0.3) is 28.2 Å². The van der Waals surface area contributed by atoms with E-state index in [0.29, 0.717) is 35.0 Å². The minimum atomic E-state index is -0.551. The molecule has 5 rings (SSSR count). The maximum Gasteiger partial charge on any atom is 0.442 e. The van der Waals surface area contributed by atoms with E-state index in [1.807, 2.05) is 43.3 Å². The van der Waals surface area contributed by atoms with Gasteiger partial charge in [0, 0.05) is 23.4 Å². The molecule has 1 amide bonds. The van der Waals surface area contributed by atoms with E-state index >= 15 is 0 Å². The van der Waals surface area contributed by atoms with Crippen molar-refractivity contribution in [2.45, 2.75) is 23.6 Å². The number of nitrogens with one attached hydrogen (secondary N) is 2. The van der Waals surface area contributed by atoms with Gasteiger partial charge in [0.1, 0.15) is 11.3 Å². The zero-order chi connectivity index (χ0) is 25.1. The summed E-state index contributed by atoms with van der Waals surface area (Å²) in [5.74, 6) is 0.977. The van der Waals surface area contributed by atoms with Gasteiger partial charge in [0.15, 0.2) is 5.58 Å². The number of amides is 1. The highest BCUT2D eigenvalue weighted by Crippen LogP contribution is 2.27. The Kier molecular flexibility index (Phi) is 6.59. The van der Waals surface area contributed by atoms with Crippen LogP contribution >= 0.6 is 11.8 Å². The number of oxazole rings is 1. The van der Waals surface area contributed by atoms with Gasteiger partial charge in [0.25, 0.3) is 0 Å². The Labute approximate surface area is 210 Å². The van der Waals surface area contributed by atoms with E-state index in [1.165, 1.54) is 4.68 Å². The molecule has 9 nitrogen and oxygen atoms in total. The third kappa shape index (κ3) is 4.76. The molecule has 3 aromatic carbocycles. The van der Waals surface area contributed by atoms with Crippen molar-refractivity contribution in [3.05, 3.63) is 83.2 Å². The number of nitrogens with zero attached hydrogens (tertiary/aromatic N) is 2. The first kappa shape index (κ1) is 23.4. The van der Waals surface area contributed by atoms with Crippen molar-refractivity contribution in [2.75, 3.05) is 12.4 Å². The number of methoxy groups -OCH3 is 1. The molecule has 5 aromatic rings. The summed E-state index contributed by atoms with van der Waals surface area (Å²) in [6.45, 7) is 1.89. The summed E-state index contributed by atoms with van der Waals surface area (Å²) < 4.78 is 17.5. The number of ether oxygens (including phenoxy) is 1. The molecule has 2 aromatic heterocycles. The van der Waals surface area contributed by atoms with E-state index in [9.17, 15) is 9.59 Å². The van der Waals surface area contributed by atoms with Crippen LogP contribution in [0.5, 0.6) is 5.75 Å². The van der Waals surface area contributed by atoms with Crippen LogP contribution in [-0.2, 0) is 4.79 Å². The van der Waals surface area contributed by atoms with Crippen molar-refractivity contribution in [2.24, 2.45) is 0 Å². The molecule has 0 saturated heterocycles. The number of thioether (sulfide) groups is 1. The lowest BCUT2D eigenvalue weighted by Crippen LogP contribution is -2.37. The third-order valence-electron chi connectivity index (χ3n) is 5.55. The topological polar surface area (TPSA) is 114 Å². The van der Waals surface area contributed by atoms with E-state index in [2.05, 4.69) is 15.6 Å². The van der Waals surface area contributed by atoms with Crippen molar-refractivity contribution in [1.82, 2.24) is 10.3 Å². The second-order valence-corrected chi connectivity index (χ2v) is 9.08. The van der Waals surface area contributed by atoms with Crippen molar-refractivity contribution < 1.29 is 23.2 Å². The van der Waals surface area contributed by atoms with Crippen molar-refractivity contribution in [3.8, 4) is 22.9 Å². The highest BCUT2D eigenvalue weighted by Gasteiger charge is 2.30. The summed E-state index contributed by atoms with van der Waals surface area (Å²) in [6, 6.07) is 22.0. The van der Waals surface area contributed by atoms with Crippen LogP contribution in [0.2, 0.25) is 0 Å². The Bertz CT molecular complexity index is 1520. The number of carbonyl (C=O) groups is 1. The average molecular weight is 504 g/mol. The maximum absolute atomic E-state index is 13.1. The van der Waals surface area contributed by atoms with Gasteiger partial charge in [-0.15, -0.1) is 0 Å². The van der Waals surface area contributed by atoms with Gasteiger partial charge >= 0.3 is 10.7 Å². The van der Waals surface area contributed by atoms with Crippen LogP contribution in [0.15, 0.2) is 91.6 Å². The smallest absolute Gasteiger partial charge is 0.442 e. The highest BCUT2D eigenvalue weighted by molar-refractivity contribution is 8.00. The fourth-order valence-electron chi connectivity index (χ4n) is 3.64. The van der Waals surface area contributed by atoms with Gasteiger partial charge in [-0.2, -0.15) is 0 Å². The molecule has 0 radical (unpaired) electrons. The molecule has 0 fully saturated rings. The standard InChI is InChI=1S/C26H22N4O5S/c1-3-22(36-25-26(32)35-29-30(25)18-12-14-19(33-2)15-13-18)23(31)27-17-10-8-16(9-11-17)24-28-20-6-4-5-7-21(20)34-24/h4-15,22H,3H2,1-2H3,(H-,27,28,29,31,32)/p+1. The Morgan fingerprint density at radius 3 is 2.56 bits per heavy atom. The summed E-state index contributed by atoms with van der Waals surface area (Å²) in [5.41, 5.74) is 3.06. The van der Waals surface area contributed by atoms with E-state index in [-0.39, 0.29) is 10.9 Å². The number of anilines is 1. The van der Waals surface area contributed by atoms with Gasteiger partial charge in [-0.05, 0) is 76.7 Å². The number of aromatic nitrogens is 3. The summed E-state index contributed by atoms with van der Waals surface area (Å²) in [4.78, 5) is 29.9. The molecule has 0 saturated carbocycles. The predicted molar refractivity (Wildman–Crippen MR) is 135 cm³/mol. The van der Waals surface area contributed by atoms with Crippen molar-refractivity contribution >= 4 is 34.5 Å². The second kappa shape index (κ2) is 10.1. The molecule has 10 heteroatoms. The molecule has 0 aliphatic heterocycles. The summed E-state index contributed by atoms with van der Waals surface area (Å²) >= 11 is 1.14. The molecular weight excluding hydrogens is 480 g/mol. The zero-order valence-corrected chi connectivity index (χ0v) is 20.4. The molecule has 0 spiro atoms. The number of aromatic amines is 1. The first-order valence-corrected chi connectivity index (χ1v) is 12.1. The first-order chi connectivity index (χ1) is 17.6. The van der Waals surface area contributed by atoms with E-state index in [0.717, 1.165) is 22.8 Å². The first-order valence-electron chi connectivity index (χ1n) is 11.3. The van der Waals surface area contributed by atoms with E-state index < -0.39 is 10.9 Å². The van der Waals surface area contributed by atoms with Crippen LogP contribution in [0.3, 0.4) is 0 Å². The molecule has 1 atom stereocenters. The zero-order valence-electron chi connectivity index (χ0n) is 19.6. The number of H-pyrrole nitrogens is 1. The number of rotatable bonds is 8. The lowest BCUT2D eigenvalue weighted by Gasteiger charge is -2.12. The lowest BCUT2D eigenvalue weighted by molar-refractivity contribution is -0.704. The second-order valence-electron chi connectivity index (χ2n) is 7.89. The predicted octanol–water partition coefficient (Wildman–Crippen LogP) is 4.57. The molecule has 0 bridgehead atoms. The molecule has 182 valence electrons. The van der Waals surface area contributed by atoms with Crippen LogP contribution in [0.1, 0.15) is 13.3 Å². The maximum atomic E-state index is 13.1. The van der Waals surface area contributed by atoms with Crippen molar-refractivity contribution in [3.63, 3.8) is 0 Å². The summed E-state index contributed by atoms with van der Waals surface area (Å²) in [6.07, 6.45) is 0.505. The molecule has 1 unspecified atom stereocenters. The summed E-state index contributed by atoms with van der Waals surface area (Å²) in [7, 11) is 1.58. The fourth-order valence-corrected chi connectivity index (χ4v) is 4.63. The van der Waals surface area contributed by atoms with Crippen LogP contribution in [0, 0.1) is 0 Å². The monoisotopic (exact) mass is 503 g/mol. The van der Waals surface area contributed by atoms with Gasteiger partial charge in [0.05, 0.1) is 12.4 Å². The van der Waals surface area contributed by atoms with Crippen LogP contribution < -0.4 is 20.4 Å². The van der Waals surface area contributed by atoms with Crippen molar-refractivity contribution in [1.29, 1.82) is 0 Å². The number of benzene rings is 3. The van der Waals surface area contributed by atoms with Crippen LogP contribution in [-0.4, -0.2) is 28.5 Å². The molecule has 2 N–H and O–H groups in total. The fraction of sp³-hybridized carbons (Fsp3) is 0.154. The number of hydrogen-bond donors (Lipinski definition) is 2. The number of fused-ring (bicyclic) bond motifs is 1. The number of carbonyl (C=O) groups excluding carboxylic acids is 1. The molecule has 36 heavy (non-hydrogen) atoms. The SMILES string of the molecule is CCC(Sc1c(=O)o[nH][n+]1-c1ccc(OC)cc1)C(=O)Nc1ccc(-c2nc3ccccc3o2)cc1. The quantitative estimate of drug-likeness (QED) is 0.235. The minimum absolute atomic E-state index is 0.223. The van der Waals surface area contributed by atoms with Crippen LogP contribution in [0.4, 0.5) is 5.69 Å². The molecule has 2 heterocycles. The lowest BCUT2D eigenvalue weighted by atomic mass is 10.2. The average Bonchev–Trinajstić information content (AvgIpc) is 3.51. The van der Waals surface area contributed by atoms with Gasteiger partial charge in [0.2, 0.25) is 17.5 Å². The Hall–Kier alpha value is -4.31. The minimum Gasteiger partial charge on any atom is -0.497 e. The van der Waals surface area contributed by atoms with Gasteiger partial charge in [-0.1, -0.05) is 19.1 Å². The number of hydrogen-bond acceptors (Lipinski definition) is 7. The molecule has 0 aliphatic carbocycles. The van der Waals surface area contributed by atoms with Gasteiger partial charge in [-0.25, -0.2) is 9.78 Å². The largest absolute Gasteiger partial charge is 0.497 e. The van der Waals surface area contributed by atoms with E-state index in [4.69, 9.17) is 13.7 Å². The van der Waals surface area contributed by atoms with E-state index in [1.54, 1.807) is 43.5 Å². The Morgan fingerprint density at radius 1 is 1.11 bits per heavy atom. The number of para-hydroxylation sites is 2. The van der Waals surface area contributed by atoms with Gasteiger partial charge in [-0.3, -0.25) is 9.32 Å².